The smallest absolute Gasteiger partial charge is 0.164 e. The van der Waals surface area contributed by atoms with Crippen molar-refractivity contribution in [1.82, 2.24) is 25.6 Å². The summed E-state index contributed by atoms with van der Waals surface area (Å²) >= 11 is 0. The van der Waals surface area contributed by atoms with Gasteiger partial charge in [0.15, 0.2) is 17.5 Å². The molecule has 0 bridgehead atoms. The van der Waals surface area contributed by atoms with Crippen molar-refractivity contribution in [1.29, 1.82) is 0 Å². The highest BCUT2D eigenvalue weighted by molar-refractivity contribution is 6.12. The van der Waals surface area contributed by atoms with Crippen molar-refractivity contribution in [2.45, 2.75) is 12.2 Å². The number of benzene rings is 10. The van der Waals surface area contributed by atoms with Crippen molar-refractivity contribution >= 4 is 27.2 Å². The third-order valence-electron chi connectivity index (χ3n) is 13.1. The second-order valence-electron chi connectivity index (χ2n) is 17.2. The van der Waals surface area contributed by atoms with E-state index in [4.69, 9.17) is 15.0 Å². The summed E-state index contributed by atoms with van der Waals surface area (Å²) in [6.07, 6.45) is 2.28. The molecule has 0 saturated heterocycles. The van der Waals surface area contributed by atoms with Gasteiger partial charge in [-0.3, -0.25) is 5.32 Å². The fourth-order valence-electron chi connectivity index (χ4n) is 9.63. The molecule has 0 saturated carbocycles. The second kappa shape index (κ2) is 17.9. The van der Waals surface area contributed by atoms with Crippen LogP contribution in [0.1, 0.15) is 28.9 Å². The maximum absolute atomic E-state index is 4.97. The Labute approximate surface area is 396 Å². The van der Waals surface area contributed by atoms with Crippen LogP contribution in [0.4, 0.5) is 0 Å². The molecule has 322 valence electrons. The second-order valence-corrected chi connectivity index (χ2v) is 17.2. The van der Waals surface area contributed by atoms with Crippen molar-refractivity contribution in [2.24, 2.45) is 0 Å². The number of rotatable bonds is 9. The van der Waals surface area contributed by atoms with E-state index in [0.29, 0.717) is 17.5 Å². The summed E-state index contributed by atoms with van der Waals surface area (Å²) in [6, 6.07) is 85.9. The normalized spacial score (nSPS) is 14.6. The van der Waals surface area contributed by atoms with Gasteiger partial charge in [-0.2, -0.15) is 0 Å². The number of hydrogen-bond donors (Lipinski definition) is 2. The standard InChI is InChI=1S/C63H45N5/c1-5-17-44(18-6-1)58-41-59(65-60(64-58)46-19-7-2-8-20-46)45-33-29-42(30-34-45)50-37-39-56(54-27-15-13-25-52(50)54)57-40-38-51(53-26-14-16-28-55(53)57)43-31-35-49(36-32-43)63-67-61(47-21-9-3-10-22-47)66-62(68-63)48-23-11-4-12-24-48/h1-41,58,60,64-65H. The highest BCUT2D eigenvalue weighted by Gasteiger charge is 2.24. The van der Waals surface area contributed by atoms with Crippen LogP contribution < -0.4 is 10.6 Å². The molecule has 0 radical (unpaired) electrons. The zero-order chi connectivity index (χ0) is 45.2. The molecule has 10 aromatic carbocycles. The molecule has 68 heavy (non-hydrogen) atoms. The summed E-state index contributed by atoms with van der Waals surface area (Å²) < 4.78 is 0. The van der Waals surface area contributed by atoms with E-state index in [2.05, 4.69) is 199 Å². The van der Waals surface area contributed by atoms with E-state index in [0.717, 1.165) is 33.5 Å². The molecule has 1 aliphatic heterocycles. The Hall–Kier alpha value is -8.77. The Morgan fingerprint density at radius 1 is 0.279 bits per heavy atom. The van der Waals surface area contributed by atoms with Gasteiger partial charge in [0.1, 0.15) is 6.17 Å². The van der Waals surface area contributed by atoms with Crippen LogP contribution in [0.15, 0.2) is 249 Å². The average Bonchev–Trinajstić information content (AvgIpc) is 3.43. The third kappa shape index (κ3) is 7.91. The predicted octanol–water partition coefficient (Wildman–Crippen LogP) is 15.2. The van der Waals surface area contributed by atoms with Crippen molar-refractivity contribution < 1.29 is 0 Å². The number of nitrogens with zero attached hydrogens (tertiary/aromatic N) is 3. The van der Waals surface area contributed by atoms with Gasteiger partial charge in [-0.25, -0.2) is 15.0 Å². The van der Waals surface area contributed by atoms with Gasteiger partial charge in [0.2, 0.25) is 0 Å². The summed E-state index contributed by atoms with van der Waals surface area (Å²) in [6.45, 7) is 0. The molecule has 12 rings (SSSR count). The van der Waals surface area contributed by atoms with E-state index in [1.54, 1.807) is 0 Å². The van der Waals surface area contributed by atoms with E-state index < -0.39 is 0 Å². The number of aromatic nitrogens is 3. The van der Waals surface area contributed by atoms with Gasteiger partial charge in [0.05, 0.1) is 6.04 Å². The minimum atomic E-state index is -0.0284. The molecule has 0 amide bonds. The first-order valence-corrected chi connectivity index (χ1v) is 23.2. The topological polar surface area (TPSA) is 62.7 Å². The van der Waals surface area contributed by atoms with Gasteiger partial charge in [-0.1, -0.05) is 243 Å². The molecule has 0 aliphatic carbocycles. The van der Waals surface area contributed by atoms with Gasteiger partial charge >= 0.3 is 0 Å². The van der Waals surface area contributed by atoms with Crippen molar-refractivity contribution in [2.75, 3.05) is 0 Å². The third-order valence-corrected chi connectivity index (χ3v) is 13.1. The van der Waals surface area contributed by atoms with Gasteiger partial charge < -0.3 is 5.32 Å². The van der Waals surface area contributed by atoms with Crippen LogP contribution in [0.2, 0.25) is 0 Å². The summed E-state index contributed by atoms with van der Waals surface area (Å²) in [7, 11) is 0. The van der Waals surface area contributed by atoms with E-state index in [-0.39, 0.29) is 12.2 Å². The number of hydrogen-bond acceptors (Lipinski definition) is 5. The van der Waals surface area contributed by atoms with Gasteiger partial charge in [-0.05, 0) is 77.7 Å². The Morgan fingerprint density at radius 3 is 1.07 bits per heavy atom. The molecule has 5 nitrogen and oxygen atoms in total. The fourth-order valence-corrected chi connectivity index (χ4v) is 9.63. The molecule has 2 unspecified atom stereocenters. The molecule has 2 atom stereocenters. The lowest BCUT2D eigenvalue weighted by atomic mass is 9.88. The lowest BCUT2D eigenvalue weighted by Crippen LogP contribution is -2.39. The molecule has 11 aromatic rings. The summed E-state index contributed by atoms with van der Waals surface area (Å²) in [5.74, 6) is 1.94. The van der Waals surface area contributed by atoms with Crippen LogP contribution in [-0.4, -0.2) is 15.0 Å². The molecule has 2 heterocycles. The molecule has 5 heteroatoms. The maximum atomic E-state index is 4.97. The Kier molecular flexibility index (Phi) is 10.7. The van der Waals surface area contributed by atoms with Crippen LogP contribution in [0.5, 0.6) is 0 Å². The monoisotopic (exact) mass is 871 g/mol. The summed E-state index contributed by atoms with van der Waals surface area (Å²) in [5.41, 5.74) is 14.6. The fraction of sp³-hybridized carbons (Fsp3) is 0.0317. The van der Waals surface area contributed by atoms with Crippen LogP contribution >= 0.6 is 0 Å². The molecular formula is C63H45N5. The van der Waals surface area contributed by atoms with Crippen LogP contribution in [0, 0.1) is 0 Å². The Morgan fingerprint density at radius 2 is 0.618 bits per heavy atom. The highest BCUT2D eigenvalue weighted by atomic mass is 15.2. The molecule has 1 aliphatic rings. The van der Waals surface area contributed by atoms with E-state index in [1.807, 2.05) is 60.7 Å². The van der Waals surface area contributed by atoms with E-state index >= 15 is 0 Å². The van der Waals surface area contributed by atoms with Crippen molar-refractivity contribution in [3.63, 3.8) is 0 Å². The van der Waals surface area contributed by atoms with Gasteiger partial charge in [0, 0.05) is 22.4 Å². The lowest BCUT2D eigenvalue weighted by Gasteiger charge is -2.33. The number of nitrogens with one attached hydrogen (secondary N) is 2. The van der Waals surface area contributed by atoms with Crippen molar-refractivity contribution in [3.05, 3.63) is 265 Å². The molecule has 0 fully saturated rings. The maximum Gasteiger partial charge on any atom is 0.164 e. The Bertz CT molecular complexity index is 3540. The SMILES string of the molecule is C1=C(c2ccc(-c3ccc(-c4ccc(-c5ccc(-c6nc(-c7ccccc7)nc(-c7ccccc7)n6)cc5)c5ccccc45)c4ccccc34)cc2)NC(c2ccccc2)NC1c1ccccc1. The highest BCUT2D eigenvalue weighted by Crippen LogP contribution is 2.42. The van der Waals surface area contributed by atoms with Crippen molar-refractivity contribution in [3.8, 4) is 67.5 Å². The molecule has 0 spiro atoms. The zero-order valence-corrected chi connectivity index (χ0v) is 37.2. The first-order valence-electron chi connectivity index (χ1n) is 23.2. The first-order chi connectivity index (χ1) is 33.7. The molecule has 1 aromatic heterocycles. The largest absolute Gasteiger partial charge is 0.366 e. The summed E-state index contributed by atoms with van der Waals surface area (Å²) in [5, 5.41) is 12.5. The van der Waals surface area contributed by atoms with Crippen LogP contribution in [-0.2, 0) is 0 Å². The van der Waals surface area contributed by atoms with Gasteiger partial charge in [-0.15, -0.1) is 0 Å². The Balaban J connectivity index is 0.866. The van der Waals surface area contributed by atoms with E-state index in [1.165, 1.54) is 60.5 Å². The van der Waals surface area contributed by atoms with E-state index in [9.17, 15) is 0 Å². The minimum absolute atomic E-state index is 0.0284. The van der Waals surface area contributed by atoms with Crippen LogP contribution in [0.25, 0.3) is 94.8 Å². The van der Waals surface area contributed by atoms with Gasteiger partial charge in [0.25, 0.3) is 0 Å². The zero-order valence-electron chi connectivity index (χ0n) is 37.2. The molecular weight excluding hydrogens is 827 g/mol. The molecule has 2 N–H and O–H groups in total. The number of fused-ring (bicyclic) bond motifs is 2. The summed E-state index contributed by atoms with van der Waals surface area (Å²) in [4.78, 5) is 14.8. The minimum Gasteiger partial charge on any atom is -0.366 e. The van der Waals surface area contributed by atoms with Crippen LogP contribution in [0.3, 0.4) is 0 Å². The quantitative estimate of drug-likeness (QED) is 0.151. The lowest BCUT2D eigenvalue weighted by molar-refractivity contribution is 0.442. The predicted molar refractivity (Wildman–Crippen MR) is 280 cm³/mol. The average molecular weight is 872 g/mol. The first kappa shape index (κ1) is 40.7.